The lowest BCUT2D eigenvalue weighted by atomic mass is 9.81. The van der Waals surface area contributed by atoms with Crippen molar-refractivity contribution < 1.29 is 4.39 Å². The monoisotopic (exact) mass is 271 g/mol. The van der Waals surface area contributed by atoms with E-state index < -0.39 is 0 Å². The quantitative estimate of drug-likeness (QED) is 0.757. The molecule has 1 aromatic rings. The second-order valence-corrected chi connectivity index (χ2v) is 6.29. The van der Waals surface area contributed by atoms with Gasteiger partial charge < -0.3 is 5.32 Å². The van der Waals surface area contributed by atoms with E-state index in [1.165, 1.54) is 6.07 Å². The van der Waals surface area contributed by atoms with Gasteiger partial charge in [-0.05, 0) is 48.5 Å². The molecule has 0 saturated carbocycles. The summed E-state index contributed by atoms with van der Waals surface area (Å²) in [6.07, 6.45) is 0.901. The lowest BCUT2D eigenvalue weighted by molar-refractivity contribution is 0.424. The van der Waals surface area contributed by atoms with Crippen LogP contribution in [0.5, 0.6) is 0 Å². The standard InChI is InChI=1S/C15H23ClFN/c1-11(2)10-18-8-7-15(3,4)13-6-5-12(16)9-14(13)17/h5-6,9,11,18H,7-8,10H2,1-4H3. The molecule has 0 aliphatic rings. The molecule has 0 aliphatic heterocycles. The van der Waals surface area contributed by atoms with Gasteiger partial charge in [-0.3, -0.25) is 0 Å². The van der Waals surface area contributed by atoms with Gasteiger partial charge in [0.2, 0.25) is 0 Å². The van der Waals surface area contributed by atoms with Gasteiger partial charge in [0.1, 0.15) is 5.82 Å². The maximum atomic E-state index is 13.9. The average molecular weight is 272 g/mol. The predicted molar refractivity (Wildman–Crippen MR) is 76.8 cm³/mol. The molecule has 102 valence electrons. The van der Waals surface area contributed by atoms with Crippen LogP contribution in [0, 0.1) is 11.7 Å². The second kappa shape index (κ2) is 6.53. The summed E-state index contributed by atoms with van der Waals surface area (Å²) < 4.78 is 13.9. The van der Waals surface area contributed by atoms with E-state index in [1.54, 1.807) is 12.1 Å². The number of hydrogen-bond donors (Lipinski definition) is 1. The Labute approximate surface area is 115 Å². The number of benzene rings is 1. The van der Waals surface area contributed by atoms with Crippen molar-refractivity contribution in [1.82, 2.24) is 5.32 Å². The molecule has 0 radical (unpaired) electrons. The lowest BCUT2D eigenvalue weighted by Crippen LogP contribution is -2.28. The molecule has 0 bridgehead atoms. The number of nitrogens with one attached hydrogen (secondary N) is 1. The van der Waals surface area contributed by atoms with Gasteiger partial charge in [0, 0.05) is 5.02 Å². The van der Waals surface area contributed by atoms with E-state index >= 15 is 0 Å². The molecule has 3 heteroatoms. The Bertz CT molecular complexity index is 388. The average Bonchev–Trinajstić information content (AvgIpc) is 2.23. The topological polar surface area (TPSA) is 12.0 Å². The van der Waals surface area contributed by atoms with Gasteiger partial charge in [-0.15, -0.1) is 0 Å². The third-order valence-corrected chi connectivity index (χ3v) is 3.37. The van der Waals surface area contributed by atoms with E-state index in [4.69, 9.17) is 11.6 Å². The van der Waals surface area contributed by atoms with Crippen molar-refractivity contribution in [2.24, 2.45) is 5.92 Å². The smallest absolute Gasteiger partial charge is 0.128 e. The molecule has 0 heterocycles. The SMILES string of the molecule is CC(C)CNCCC(C)(C)c1ccc(Cl)cc1F. The predicted octanol–water partition coefficient (Wildman–Crippen LogP) is 4.39. The first-order chi connectivity index (χ1) is 8.33. The zero-order valence-electron chi connectivity index (χ0n) is 11.7. The number of hydrogen-bond acceptors (Lipinski definition) is 1. The van der Waals surface area contributed by atoms with Gasteiger partial charge >= 0.3 is 0 Å². The molecule has 0 spiro atoms. The van der Waals surface area contributed by atoms with Crippen LogP contribution >= 0.6 is 11.6 Å². The van der Waals surface area contributed by atoms with Crippen LogP contribution in [-0.2, 0) is 5.41 Å². The summed E-state index contributed by atoms with van der Waals surface area (Å²) in [5, 5.41) is 3.84. The van der Waals surface area contributed by atoms with Crippen LogP contribution in [0.25, 0.3) is 0 Å². The Kier molecular flexibility index (Phi) is 5.61. The van der Waals surface area contributed by atoms with Crippen LogP contribution in [0.1, 0.15) is 39.7 Å². The fraction of sp³-hybridized carbons (Fsp3) is 0.600. The number of rotatable bonds is 6. The minimum absolute atomic E-state index is 0.182. The van der Waals surface area contributed by atoms with Crippen LogP contribution in [0.15, 0.2) is 18.2 Å². The van der Waals surface area contributed by atoms with Gasteiger partial charge in [0.15, 0.2) is 0 Å². The zero-order chi connectivity index (χ0) is 13.8. The Morgan fingerprint density at radius 2 is 2.00 bits per heavy atom. The largest absolute Gasteiger partial charge is 0.316 e. The van der Waals surface area contributed by atoms with E-state index in [0.29, 0.717) is 10.9 Å². The highest BCUT2D eigenvalue weighted by molar-refractivity contribution is 6.30. The Balaban J connectivity index is 2.62. The third-order valence-electron chi connectivity index (χ3n) is 3.14. The van der Waals surface area contributed by atoms with Crippen LogP contribution in [0.2, 0.25) is 5.02 Å². The van der Waals surface area contributed by atoms with Gasteiger partial charge in [0.05, 0.1) is 0 Å². The lowest BCUT2D eigenvalue weighted by Gasteiger charge is -2.26. The fourth-order valence-corrected chi connectivity index (χ4v) is 2.12. The highest BCUT2D eigenvalue weighted by Crippen LogP contribution is 2.30. The summed E-state index contributed by atoms with van der Waals surface area (Å²) in [5.41, 5.74) is 0.553. The molecule has 0 fully saturated rings. The van der Waals surface area contributed by atoms with E-state index in [1.807, 2.05) is 0 Å². The van der Waals surface area contributed by atoms with Crippen molar-refractivity contribution in [3.63, 3.8) is 0 Å². The summed E-state index contributed by atoms with van der Waals surface area (Å²) >= 11 is 5.78. The molecule has 1 N–H and O–H groups in total. The molecular formula is C15H23ClFN. The molecule has 18 heavy (non-hydrogen) atoms. The summed E-state index contributed by atoms with van der Waals surface area (Å²) in [6.45, 7) is 10.4. The highest BCUT2D eigenvalue weighted by atomic mass is 35.5. The summed E-state index contributed by atoms with van der Waals surface area (Å²) in [5.74, 6) is 0.428. The van der Waals surface area contributed by atoms with Crippen molar-refractivity contribution >= 4 is 11.6 Å². The van der Waals surface area contributed by atoms with E-state index in [-0.39, 0.29) is 11.2 Å². The van der Waals surface area contributed by atoms with Gasteiger partial charge in [-0.25, -0.2) is 4.39 Å². The second-order valence-electron chi connectivity index (χ2n) is 5.86. The van der Waals surface area contributed by atoms with Crippen molar-refractivity contribution in [3.8, 4) is 0 Å². The Morgan fingerprint density at radius 1 is 1.33 bits per heavy atom. The molecule has 0 aromatic heterocycles. The molecular weight excluding hydrogens is 249 g/mol. The fourth-order valence-electron chi connectivity index (χ4n) is 1.96. The first-order valence-electron chi connectivity index (χ1n) is 6.49. The zero-order valence-corrected chi connectivity index (χ0v) is 12.4. The van der Waals surface area contributed by atoms with Crippen molar-refractivity contribution in [3.05, 3.63) is 34.6 Å². The van der Waals surface area contributed by atoms with Crippen LogP contribution in [0.4, 0.5) is 4.39 Å². The van der Waals surface area contributed by atoms with Crippen LogP contribution < -0.4 is 5.32 Å². The molecule has 1 rings (SSSR count). The van der Waals surface area contributed by atoms with Crippen molar-refractivity contribution in [2.75, 3.05) is 13.1 Å². The van der Waals surface area contributed by atoms with E-state index in [9.17, 15) is 4.39 Å². The Hall–Kier alpha value is -0.600. The molecule has 0 atom stereocenters. The van der Waals surface area contributed by atoms with Gasteiger partial charge in [0.25, 0.3) is 0 Å². The molecule has 0 amide bonds. The first kappa shape index (κ1) is 15.5. The van der Waals surface area contributed by atoms with Crippen LogP contribution in [0.3, 0.4) is 0 Å². The number of halogens is 2. The van der Waals surface area contributed by atoms with Crippen LogP contribution in [-0.4, -0.2) is 13.1 Å². The molecule has 0 aliphatic carbocycles. The minimum atomic E-state index is -0.212. The molecule has 1 nitrogen and oxygen atoms in total. The van der Waals surface area contributed by atoms with Gasteiger partial charge in [-0.1, -0.05) is 45.4 Å². The van der Waals surface area contributed by atoms with Crippen molar-refractivity contribution in [1.29, 1.82) is 0 Å². The summed E-state index contributed by atoms with van der Waals surface area (Å²) in [7, 11) is 0. The molecule has 1 aromatic carbocycles. The third kappa shape index (κ3) is 4.58. The maximum absolute atomic E-state index is 13.9. The van der Waals surface area contributed by atoms with E-state index in [0.717, 1.165) is 25.1 Å². The van der Waals surface area contributed by atoms with E-state index in [2.05, 4.69) is 33.0 Å². The first-order valence-corrected chi connectivity index (χ1v) is 6.87. The summed E-state index contributed by atoms with van der Waals surface area (Å²) in [6, 6.07) is 4.93. The van der Waals surface area contributed by atoms with Crippen molar-refractivity contribution in [2.45, 2.75) is 39.5 Å². The molecule has 0 saturated heterocycles. The van der Waals surface area contributed by atoms with Gasteiger partial charge in [-0.2, -0.15) is 0 Å². The maximum Gasteiger partial charge on any atom is 0.128 e. The Morgan fingerprint density at radius 3 is 2.56 bits per heavy atom. The minimum Gasteiger partial charge on any atom is -0.316 e. The highest BCUT2D eigenvalue weighted by Gasteiger charge is 2.23. The summed E-state index contributed by atoms with van der Waals surface area (Å²) in [4.78, 5) is 0. The normalized spacial score (nSPS) is 12.2. The molecule has 0 unspecified atom stereocenters.